The number of carbonyl (C=O) groups is 2. The highest BCUT2D eigenvalue weighted by molar-refractivity contribution is 7.81. The first-order valence-electron chi connectivity index (χ1n) is 3.82. The van der Waals surface area contributed by atoms with Crippen molar-refractivity contribution in [3.05, 3.63) is 0 Å². The fourth-order valence-corrected chi connectivity index (χ4v) is 1.29. The smallest absolute Gasteiger partial charge is 0.317 e. The van der Waals surface area contributed by atoms with Crippen molar-refractivity contribution in [2.24, 2.45) is 5.92 Å². The molecule has 0 bridgehead atoms. The van der Waals surface area contributed by atoms with Gasteiger partial charge in [0.25, 0.3) is 5.91 Å². The average molecular weight is 188 g/mol. The molecule has 1 rings (SSSR count). The topological polar surface area (TPSA) is 49.4 Å². The molecule has 1 N–H and O–H groups in total. The zero-order valence-corrected chi connectivity index (χ0v) is 7.97. The number of urea groups is 1. The number of carbonyl (C=O) groups excluding carboxylic acids is 2. The standard InChI is InChI=1S/C7H12N2O2S/c1-4(2)3-9-6(10)5(12)8-7(9)11/h4-5,12H,3H2,1-2H3,(H,8,11). The summed E-state index contributed by atoms with van der Waals surface area (Å²) in [6.45, 7) is 4.36. The minimum absolute atomic E-state index is 0.253. The van der Waals surface area contributed by atoms with Crippen molar-refractivity contribution >= 4 is 24.6 Å². The molecular weight excluding hydrogens is 176 g/mol. The Morgan fingerprint density at radius 1 is 1.58 bits per heavy atom. The fraction of sp³-hybridized carbons (Fsp3) is 0.714. The van der Waals surface area contributed by atoms with Gasteiger partial charge in [-0.25, -0.2) is 4.79 Å². The van der Waals surface area contributed by atoms with Crippen LogP contribution in [0.25, 0.3) is 0 Å². The van der Waals surface area contributed by atoms with Crippen LogP contribution in [0.3, 0.4) is 0 Å². The zero-order chi connectivity index (χ0) is 9.30. The highest BCUT2D eigenvalue weighted by Gasteiger charge is 2.35. The van der Waals surface area contributed by atoms with Crippen LogP contribution in [0, 0.1) is 5.92 Å². The number of nitrogens with one attached hydrogen (secondary N) is 1. The van der Waals surface area contributed by atoms with Gasteiger partial charge in [-0.1, -0.05) is 13.8 Å². The molecule has 1 saturated heterocycles. The minimum atomic E-state index is -0.656. The molecule has 0 aromatic carbocycles. The quantitative estimate of drug-likeness (QED) is 0.488. The van der Waals surface area contributed by atoms with E-state index in [-0.39, 0.29) is 11.9 Å². The number of hydrogen-bond donors (Lipinski definition) is 2. The van der Waals surface area contributed by atoms with Crippen molar-refractivity contribution in [3.63, 3.8) is 0 Å². The predicted molar refractivity (Wildman–Crippen MR) is 47.9 cm³/mol. The minimum Gasteiger partial charge on any atom is -0.317 e. The Morgan fingerprint density at radius 3 is 2.50 bits per heavy atom. The van der Waals surface area contributed by atoms with E-state index in [2.05, 4.69) is 17.9 Å². The van der Waals surface area contributed by atoms with Crippen molar-refractivity contribution in [3.8, 4) is 0 Å². The third-order valence-corrected chi connectivity index (χ3v) is 1.90. The predicted octanol–water partition coefficient (Wildman–Crippen LogP) is 0.450. The molecule has 1 aliphatic rings. The van der Waals surface area contributed by atoms with Crippen molar-refractivity contribution in [1.29, 1.82) is 0 Å². The molecule has 1 atom stereocenters. The molecule has 1 heterocycles. The monoisotopic (exact) mass is 188 g/mol. The van der Waals surface area contributed by atoms with Gasteiger partial charge in [-0.05, 0) is 5.92 Å². The second kappa shape index (κ2) is 3.35. The summed E-state index contributed by atoms with van der Waals surface area (Å²) in [7, 11) is 0. The van der Waals surface area contributed by atoms with Crippen LogP contribution in [0.15, 0.2) is 0 Å². The van der Waals surface area contributed by atoms with Crippen LogP contribution in [0.1, 0.15) is 13.8 Å². The number of nitrogens with zero attached hydrogens (tertiary/aromatic N) is 1. The van der Waals surface area contributed by atoms with Crippen LogP contribution in [0.5, 0.6) is 0 Å². The summed E-state index contributed by atoms with van der Waals surface area (Å²) in [6.07, 6.45) is 0. The van der Waals surface area contributed by atoms with E-state index >= 15 is 0 Å². The molecule has 0 aromatic rings. The number of hydrogen-bond acceptors (Lipinski definition) is 3. The normalized spacial score (nSPS) is 23.7. The van der Waals surface area contributed by atoms with E-state index in [4.69, 9.17) is 0 Å². The van der Waals surface area contributed by atoms with Gasteiger partial charge in [0, 0.05) is 6.54 Å². The largest absolute Gasteiger partial charge is 0.325 e. The van der Waals surface area contributed by atoms with Crippen molar-refractivity contribution in [2.45, 2.75) is 19.2 Å². The van der Waals surface area contributed by atoms with Gasteiger partial charge >= 0.3 is 6.03 Å². The van der Waals surface area contributed by atoms with E-state index in [0.29, 0.717) is 12.5 Å². The second-order valence-electron chi connectivity index (χ2n) is 3.19. The van der Waals surface area contributed by atoms with Crippen LogP contribution in [0.2, 0.25) is 0 Å². The van der Waals surface area contributed by atoms with Crippen molar-refractivity contribution in [2.75, 3.05) is 6.54 Å². The first-order valence-corrected chi connectivity index (χ1v) is 4.34. The van der Waals surface area contributed by atoms with Gasteiger partial charge in [0.2, 0.25) is 0 Å². The number of thiol groups is 1. The Morgan fingerprint density at radius 2 is 2.17 bits per heavy atom. The van der Waals surface area contributed by atoms with Gasteiger partial charge in [-0.3, -0.25) is 9.69 Å². The maximum absolute atomic E-state index is 11.2. The lowest BCUT2D eigenvalue weighted by atomic mass is 10.2. The molecule has 0 spiro atoms. The molecule has 1 unspecified atom stereocenters. The van der Waals surface area contributed by atoms with Crippen LogP contribution in [0.4, 0.5) is 4.79 Å². The van der Waals surface area contributed by atoms with E-state index in [9.17, 15) is 9.59 Å². The fourth-order valence-electron chi connectivity index (χ4n) is 1.04. The van der Waals surface area contributed by atoms with E-state index in [1.807, 2.05) is 13.8 Å². The molecule has 1 aliphatic heterocycles. The van der Waals surface area contributed by atoms with Crippen LogP contribution in [-0.4, -0.2) is 28.8 Å². The lowest BCUT2D eigenvalue weighted by Crippen LogP contribution is -2.34. The van der Waals surface area contributed by atoms with Crippen molar-refractivity contribution < 1.29 is 9.59 Å². The Bertz CT molecular complexity index is 217. The summed E-state index contributed by atoms with van der Waals surface area (Å²) < 4.78 is 0. The molecule has 0 radical (unpaired) electrons. The zero-order valence-electron chi connectivity index (χ0n) is 7.07. The van der Waals surface area contributed by atoms with Gasteiger partial charge in [0.05, 0.1) is 0 Å². The Labute approximate surface area is 76.7 Å². The number of imide groups is 1. The molecule has 0 aliphatic carbocycles. The first kappa shape index (κ1) is 9.38. The van der Waals surface area contributed by atoms with E-state index in [0.717, 1.165) is 0 Å². The van der Waals surface area contributed by atoms with Crippen molar-refractivity contribution in [1.82, 2.24) is 10.2 Å². The summed E-state index contributed by atoms with van der Waals surface area (Å²) in [6, 6.07) is -0.339. The summed E-state index contributed by atoms with van der Waals surface area (Å²) in [5, 5.41) is 1.77. The van der Waals surface area contributed by atoms with E-state index < -0.39 is 5.37 Å². The molecule has 0 aromatic heterocycles. The first-order chi connectivity index (χ1) is 5.52. The maximum atomic E-state index is 11.2. The van der Waals surface area contributed by atoms with Gasteiger partial charge < -0.3 is 5.32 Å². The SMILES string of the molecule is CC(C)CN1C(=O)NC(S)C1=O. The molecule has 12 heavy (non-hydrogen) atoms. The highest BCUT2D eigenvalue weighted by atomic mass is 32.1. The third-order valence-electron chi connectivity index (χ3n) is 1.55. The maximum Gasteiger partial charge on any atom is 0.325 e. The molecule has 3 amide bonds. The third kappa shape index (κ3) is 1.72. The summed E-state index contributed by atoms with van der Waals surface area (Å²) in [4.78, 5) is 23.5. The van der Waals surface area contributed by atoms with Gasteiger partial charge in [0.15, 0.2) is 5.37 Å². The lowest BCUT2D eigenvalue weighted by molar-refractivity contribution is -0.126. The van der Waals surface area contributed by atoms with E-state index in [1.165, 1.54) is 4.90 Å². The molecule has 1 fully saturated rings. The highest BCUT2D eigenvalue weighted by Crippen LogP contribution is 2.10. The molecular formula is C7H12N2O2S. The average Bonchev–Trinajstić information content (AvgIpc) is 2.16. The lowest BCUT2D eigenvalue weighted by Gasteiger charge is -2.14. The number of rotatable bonds is 2. The Kier molecular flexibility index (Phi) is 2.62. The molecule has 4 nitrogen and oxygen atoms in total. The van der Waals surface area contributed by atoms with E-state index in [1.54, 1.807) is 0 Å². The summed E-state index contributed by atoms with van der Waals surface area (Å²) >= 11 is 3.91. The van der Waals surface area contributed by atoms with Crippen LogP contribution < -0.4 is 5.32 Å². The second-order valence-corrected chi connectivity index (χ2v) is 3.71. The van der Waals surface area contributed by atoms with Gasteiger partial charge in [-0.15, -0.1) is 12.6 Å². The Balaban J connectivity index is 2.64. The summed E-state index contributed by atoms with van der Waals surface area (Å²) in [5.41, 5.74) is 0. The van der Waals surface area contributed by atoms with Crippen LogP contribution in [-0.2, 0) is 4.79 Å². The Hall–Kier alpha value is -0.710. The molecule has 0 saturated carbocycles. The van der Waals surface area contributed by atoms with Gasteiger partial charge in [0.1, 0.15) is 0 Å². The van der Waals surface area contributed by atoms with Gasteiger partial charge in [-0.2, -0.15) is 0 Å². The van der Waals surface area contributed by atoms with Crippen LogP contribution >= 0.6 is 12.6 Å². The molecule has 5 heteroatoms. The summed E-state index contributed by atoms with van der Waals surface area (Å²) in [5.74, 6) is 0.0374. The molecule has 68 valence electrons. The number of amides is 3.